The Morgan fingerprint density at radius 3 is 2.71 bits per heavy atom. The fourth-order valence-corrected chi connectivity index (χ4v) is 2.72. The lowest BCUT2D eigenvalue weighted by Gasteiger charge is -2.10. The smallest absolute Gasteiger partial charge is 0.117 e. The van der Waals surface area contributed by atoms with Crippen molar-refractivity contribution in [1.82, 2.24) is 19.3 Å². The molecule has 21 heavy (non-hydrogen) atoms. The summed E-state index contributed by atoms with van der Waals surface area (Å²) in [6.45, 7) is 6.43. The van der Waals surface area contributed by atoms with Crippen molar-refractivity contribution in [2.45, 2.75) is 33.1 Å². The zero-order valence-electron chi connectivity index (χ0n) is 13.0. The van der Waals surface area contributed by atoms with Gasteiger partial charge in [-0.3, -0.25) is 9.25 Å². The molecule has 0 fully saturated rings. The minimum atomic E-state index is 0.323. The maximum atomic E-state index is 5.89. The van der Waals surface area contributed by atoms with Gasteiger partial charge in [-0.1, -0.05) is 20.8 Å². The summed E-state index contributed by atoms with van der Waals surface area (Å²) in [4.78, 5) is 4.78. The van der Waals surface area contributed by atoms with Crippen LogP contribution in [0.4, 0.5) is 5.69 Å². The minimum Gasteiger partial charge on any atom is -0.399 e. The number of nitrogens with zero attached hydrogens (tertiary/aromatic N) is 4. The van der Waals surface area contributed by atoms with E-state index >= 15 is 0 Å². The van der Waals surface area contributed by atoms with Gasteiger partial charge in [-0.25, -0.2) is 4.98 Å². The number of aromatic nitrogens is 4. The number of imidazole rings is 1. The fraction of sp³-hybridized carbons (Fsp3) is 0.375. The van der Waals surface area contributed by atoms with Crippen molar-refractivity contribution in [2.75, 3.05) is 5.73 Å². The highest BCUT2D eigenvalue weighted by atomic mass is 15.3. The lowest BCUT2D eigenvalue weighted by molar-refractivity contribution is 0.746. The second-order valence-electron chi connectivity index (χ2n) is 5.70. The summed E-state index contributed by atoms with van der Waals surface area (Å²) in [5, 5.41) is 4.55. The van der Waals surface area contributed by atoms with Gasteiger partial charge in [-0.05, 0) is 24.6 Å². The maximum absolute atomic E-state index is 5.89. The van der Waals surface area contributed by atoms with Crippen molar-refractivity contribution < 1.29 is 0 Å². The quantitative estimate of drug-likeness (QED) is 0.752. The lowest BCUT2D eigenvalue weighted by atomic mass is 10.2. The molecule has 0 aliphatic carbocycles. The molecule has 5 nitrogen and oxygen atoms in total. The molecule has 5 heteroatoms. The van der Waals surface area contributed by atoms with Gasteiger partial charge in [0.1, 0.15) is 5.82 Å². The highest BCUT2D eigenvalue weighted by molar-refractivity contribution is 5.81. The molecule has 0 atom stereocenters. The van der Waals surface area contributed by atoms with Gasteiger partial charge in [-0.2, -0.15) is 5.10 Å². The molecule has 2 N–H and O–H groups in total. The van der Waals surface area contributed by atoms with Gasteiger partial charge < -0.3 is 5.73 Å². The number of nitrogens with two attached hydrogens (primary N) is 1. The number of nitrogen functional groups attached to an aromatic ring is 1. The van der Waals surface area contributed by atoms with E-state index in [1.807, 2.05) is 29.9 Å². The van der Waals surface area contributed by atoms with E-state index in [0.717, 1.165) is 40.3 Å². The number of aryl methyl sites for hydroxylation is 2. The molecule has 0 spiro atoms. The summed E-state index contributed by atoms with van der Waals surface area (Å²) in [6, 6.07) is 5.89. The lowest BCUT2D eigenvalue weighted by Crippen LogP contribution is -2.04. The molecule has 2 heterocycles. The fourth-order valence-electron chi connectivity index (χ4n) is 2.72. The molecule has 0 amide bonds. The van der Waals surface area contributed by atoms with Crippen LogP contribution in [0.2, 0.25) is 0 Å². The Bertz CT molecular complexity index is 794. The Balaban J connectivity index is 2.36. The van der Waals surface area contributed by atoms with Crippen LogP contribution in [-0.4, -0.2) is 19.3 Å². The summed E-state index contributed by atoms with van der Waals surface area (Å²) < 4.78 is 4.08. The van der Waals surface area contributed by atoms with Crippen LogP contribution in [0.3, 0.4) is 0 Å². The molecule has 0 saturated carbocycles. The molecule has 3 rings (SSSR count). The van der Waals surface area contributed by atoms with Crippen LogP contribution in [0.25, 0.3) is 16.7 Å². The van der Waals surface area contributed by atoms with E-state index in [-0.39, 0.29) is 0 Å². The van der Waals surface area contributed by atoms with Crippen LogP contribution in [0.15, 0.2) is 24.4 Å². The summed E-state index contributed by atoms with van der Waals surface area (Å²) in [7, 11) is 1.95. The minimum absolute atomic E-state index is 0.323. The van der Waals surface area contributed by atoms with E-state index in [4.69, 9.17) is 10.7 Å². The SMILES string of the molecule is CCc1nn(C)cc1-n1c(C(C)C)nc2cc(N)ccc21. The molecule has 2 aromatic heterocycles. The van der Waals surface area contributed by atoms with Gasteiger partial charge >= 0.3 is 0 Å². The first kappa shape index (κ1) is 13.7. The Morgan fingerprint density at radius 1 is 1.29 bits per heavy atom. The summed E-state index contributed by atoms with van der Waals surface area (Å²) in [6.07, 6.45) is 2.95. The third-order valence-electron chi connectivity index (χ3n) is 3.68. The van der Waals surface area contributed by atoms with Crippen LogP contribution >= 0.6 is 0 Å². The normalized spacial score (nSPS) is 11.7. The van der Waals surface area contributed by atoms with Crippen molar-refractivity contribution in [3.63, 3.8) is 0 Å². The summed E-state index contributed by atoms with van der Waals surface area (Å²) in [5.41, 5.74) is 10.8. The second kappa shape index (κ2) is 4.91. The van der Waals surface area contributed by atoms with Gasteiger partial charge in [0.25, 0.3) is 0 Å². The van der Waals surface area contributed by atoms with Crippen LogP contribution in [0.5, 0.6) is 0 Å². The van der Waals surface area contributed by atoms with Crippen molar-refractivity contribution in [1.29, 1.82) is 0 Å². The van der Waals surface area contributed by atoms with E-state index in [1.165, 1.54) is 0 Å². The average Bonchev–Trinajstić information content (AvgIpc) is 2.97. The highest BCUT2D eigenvalue weighted by Gasteiger charge is 2.18. The molecule has 110 valence electrons. The molecular formula is C16H21N5. The molecule has 0 aliphatic rings. The van der Waals surface area contributed by atoms with Crippen molar-refractivity contribution >= 4 is 16.7 Å². The molecule has 0 unspecified atom stereocenters. The van der Waals surface area contributed by atoms with Crippen molar-refractivity contribution in [3.8, 4) is 5.69 Å². The first-order chi connectivity index (χ1) is 10.0. The topological polar surface area (TPSA) is 61.7 Å². The predicted molar refractivity (Wildman–Crippen MR) is 85.7 cm³/mol. The first-order valence-electron chi connectivity index (χ1n) is 7.32. The largest absolute Gasteiger partial charge is 0.399 e. The van der Waals surface area contributed by atoms with E-state index in [9.17, 15) is 0 Å². The van der Waals surface area contributed by atoms with E-state index < -0.39 is 0 Å². The number of anilines is 1. The Hall–Kier alpha value is -2.30. The van der Waals surface area contributed by atoms with Gasteiger partial charge in [0, 0.05) is 24.8 Å². The molecule has 1 aromatic carbocycles. The molecule has 0 bridgehead atoms. The zero-order chi connectivity index (χ0) is 15.1. The maximum Gasteiger partial charge on any atom is 0.117 e. The van der Waals surface area contributed by atoms with E-state index in [2.05, 4.69) is 36.6 Å². The van der Waals surface area contributed by atoms with Crippen LogP contribution < -0.4 is 5.73 Å². The van der Waals surface area contributed by atoms with E-state index in [0.29, 0.717) is 5.92 Å². The third-order valence-corrected chi connectivity index (χ3v) is 3.68. The summed E-state index contributed by atoms with van der Waals surface area (Å²) >= 11 is 0. The second-order valence-corrected chi connectivity index (χ2v) is 5.70. The highest BCUT2D eigenvalue weighted by Crippen LogP contribution is 2.28. The molecule has 0 radical (unpaired) electrons. The Labute approximate surface area is 124 Å². The van der Waals surface area contributed by atoms with Gasteiger partial charge in [0.15, 0.2) is 0 Å². The predicted octanol–water partition coefficient (Wildman–Crippen LogP) is 3.03. The van der Waals surface area contributed by atoms with Crippen LogP contribution in [0, 0.1) is 0 Å². The molecule has 0 saturated heterocycles. The number of rotatable bonds is 3. The standard InChI is InChI=1S/C16H21N5/c1-5-12-15(9-20(4)19-12)21-14-7-6-11(17)8-13(14)18-16(21)10(2)3/h6-10H,5,17H2,1-4H3. The molecule has 0 aliphatic heterocycles. The van der Waals surface area contributed by atoms with Gasteiger partial charge in [0.05, 0.1) is 22.4 Å². The monoisotopic (exact) mass is 283 g/mol. The number of hydrogen-bond acceptors (Lipinski definition) is 3. The van der Waals surface area contributed by atoms with Gasteiger partial charge in [-0.15, -0.1) is 0 Å². The number of benzene rings is 1. The number of fused-ring (bicyclic) bond motifs is 1. The van der Waals surface area contributed by atoms with Crippen molar-refractivity contribution in [2.24, 2.45) is 7.05 Å². The third kappa shape index (κ3) is 2.18. The van der Waals surface area contributed by atoms with Crippen LogP contribution in [0.1, 0.15) is 38.2 Å². The first-order valence-corrected chi connectivity index (χ1v) is 7.32. The van der Waals surface area contributed by atoms with Gasteiger partial charge in [0.2, 0.25) is 0 Å². The van der Waals surface area contributed by atoms with Crippen LogP contribution in [-0.2, 0) is 13.5 Å². The Kier molecular flexibility index (Phi) is 3.20. The van der Waals surface area contributed by atoms with Crippen molar-refractivity contribution in [3.05, 3.63) is 35.9 Å². The molecule has 3 aromatic rings. The van der Waals surface area contributed by atoms with E-state index in [1.54, 1.807) is 0 Å². The summed E-state index contributed by atoms with van der Waals surface area (Å²) in [5.74, 6) is 1.36. The molecular weight excluding hydrogens is 262 g/mol. The average molecular weight is 283 g/mol. The number of hydrogen-bond donors (Lipinski definition) is 1. The Morgan fingerprint density at radius 2 is 2.05 bits per heavy atom. The zero-order valence-corrected chi connectivity index (χ0v) is 13.0.